The van der Waals surface area contributed by atoms with E-state index in [1.54, 1.807) is 4.90 Å². The Kier molecular flexibility index (Phi) is 9.80. The van der Waals surface area contributed by atoms with Crippen LogP contribution in [0.1, 0.15) is 23.2 Å². The summed E-state index contributed by atoms with van der Waals surface area (Å²) in [6, 6.07) is 7.85. The lowest BCUT2D eigenvalue weighted by Gasteiger charge is -2.32. The zero-order valence-corrected chi connectivity index (χ0v) is 22.9. The Labute approximate surface area is 230 Å². The largest absolute Gasteiger partial charge is 0.340 e. The Morgan fingerprint density at radius 1 is 1.00 bits per heavy atom. The predicted octanol–water partition coefficient (Wildman–Crippen LogP) is 4.70. The molecular weight excluding hydrogens is 562 g/mol. The first kappa shape index (κ1) is 29.9. The second-order valence-corrected chi connectivity index (χ2v) is 11.2. The lowest BCUT2D eigenvalue weighted by atomic mass is 10.0. The second kappa shape index (κ2) is 12.5. The van der Waals surface area contributed by atoms with Crippen molar-refractivity contribution in [2.45, 2.75) is 29.1 Å². The van der Waals surface area contributed by atoms with Crippen molar-refractivity contribution < 1.29 is 26.4 Å². The van der Waals surface area contributed by atoms with Crippen LogP contribution >= 0.6 is 24.0 Å². The maximum atomic E-state index is 15.0. The van der Waals surface area contributed by atoms with Gasteiger partial charge >= 0.3 is 0 Å². The number of halogens is 5. The molecule has 1 saturated heterocycles. The van der Waals surface area contributed by atoms with Crippen LogP contribution in [0, 0.1) is 17.5 Å². The summed E-state index contributed by atoms with van der Waals surface area (Å²) in [4.78, 5) is 19.5. The van der Waals surface area contributed by atoms with Gasteiger partial charge in [-0.3, -0.25) is 9.78 Å². The van der Waals surface area contributed by atoms with Gasteiger partial charge in [-0.25, -0.2) is 21.6 Å². The summed E-state index contributed by atoms with van der Waals surface area (Å²) in [5.74, 6) is -2.83. The van der Waals surface area contributed by atoms with E-state index in [2.05, 4.69) is 9.88 Å². The normalized spacial score (nSPS) is 14.3. The molecule has 2 heterocycles. The molecule has 0 bridgehead atoms. The molecule has 0 N–H and O–H groups in total. The Bertz CT molecular complexity index is 1420. The van der Waals surface area contributed by atoms with Crippen molar-refractivity contribution in [1.82, 2.24) is 14.8 Å². The molecule has 0 atom stereocenters. The minimum absolute atomic E-state index is 0. The van der Waals surface area contributed by atoms with Crippen molar-refractivity contribution in [3.05, 3.63) is 88.0 Å². The number of hydrogen-bond donors (Lipinski definition) is 0. The van der Waals surface area contributed by atoms with Gasteiger partial charge in [0, 0.05) is 55.3 Å². The number of piperazine rings is 1. The molecule has 0 spiro atoms. The number of carbonyl (C=O) groups is 1. The molecule has 1 amide bonds. The van der Waals surface area contributed by atoms with Crippen molar-refractivity contribution in [2.24, 2.45) is 0 Å². The lowest BCUT2D eigenvalue weighted by Crippen LogP contribution is -2.47. The van der Waals surface area contributed by atoms with Crippen molar-refractivity contribution >= 4 is 39.8 Å². The number of nitrogens with zero attached hydrogens (tertiary/aromatic N) is 3. The van der Waals surface area contributed by atoms with Gasteiger partial charge in [-0.1, -0.05) is 11.6 Å². The van der Waals surface area contributed by atoms with Crippen LogP contribution in [0.15, 0.2) is 58.5 Å². The fourth-order valence-corrected chi connectivity index (χ4v) is 5.95. The molecule has 6 nitrogen and oxygen atoms in total. The van der Waals surface area contributed by atoms with E-state index in [4.69, 9.17) is 11.6 Å². The highest BCUT2D eigenvalue weighted by atomic mass is 35.5. The first-order chi connectivity index (χ1) is 17.6. The topological polar surface area (TPSA) is 70.6 Å². The number of aryl methyl sites for hydroxylation is 1. The van der Waals surface area contributed by atoms with Crippen molar-refractivity contribution in [3.8, 4) is 0 Å². The van der Waals surface area contributed by atoms with Crippen molar-refractivity contribution in [2.75, 3.05) is 33.2 Å². The second-order valence-electron chi connectivity index (χ2n) is 8.91. The highest BCUT2D eigenvalue weighted by molar-refractivity contribution is 7.91. The smallest absolute Gasteiger partial charge is 0.222 e. The third-order valence-corrected chi connectivity index (χ3v) is 8.51. The van der Waals surface area contributed by atoms with Gasteiger partial charge in [-0.15, -0.1) is 12.4 Å². The van der Waals surface area contributed by atoms with E-state index >= 15 is 4.39 Å². The van der Waals surface area contributed by atoms with Crippen LogP contribution in [0.5, 0.6) is 0 Å². The van der Waals surface area contributed by atoms with Gasteiger partial charge in [-0.2, -0.15) is 0 Å². The minimum atomic E-state index is -4.47. The Morgan fingerprint density at radius 2 is 1.63 bits per heavy atom. The number of aromatic nitrogens is 1. The molecule has 0 unspecified atom stereocenters. The summed E-state index contributed by atoms with van der Waals surface area (Å²) in [6.45, 7) is 2.68. The molecule has 1 aliphatic rings. The number of likely N-dealkylation sites (N-methyl/N-ethyl adjacent to an activating group) is 1. The van der Waals surface area contributed by atoms with E-state index in [1.807, 2.05) is 7.05 Å². The molecule has 1 aromatic heterocycles. The number of pyridine rings is 1. The molecule has 2 aromatic carbocycles. The van der Waals surface area contributed by atoms with Crippen LogP contribution in [0.25, 0.3) is 0 Å². The zero-order chi connectivity index (χ0) is 26.7. The van der Waals surface area contributed by atoms with Crippen LogP contribution in [-0.2, 0) is 27.5 Å². The number of benzene rings is 2. The number of rotatable bonds is 7. The van der Waals surface area contributed by atoms with Crippen LogP contribution in [0.2, 0.25) is 5.02 Å². The maximum absolute atomic E-state index is 15.0. The van der Waals surface area contributed by atoms with Gasteiger partial charge in [0.1, 0.15) is 22.3 Å². The minimum Gasteiger partial charge on any atom is -0.340 e. The van der Waals surface area contributed by atoms with E-state index in [0.29, 0.717) is 18.7 Å². The van der Waals surface area contributed by atoms with E-state index in [9.17, 15) is 22.0 Å². The molecule has 0 radical (unpaired) electrons. The molecule has 0 aliphatic carbocycles. The van der Waals surface area contributed by atoms with E-state index in [0.717, 1.165) is 31.4 Å². The Balaban J connectivity index is 0.00000400. The summed E-state index contributed by atoms with van der Waals surface area (Å²) in [7, 11) is -2.49. The van der Waals surface area contributed by atoms with Crippen molar-refractivity contribution in [1.29, 1.82) is 0 Å². The first-order valence-corrected chi connectivity index (χ1v) is 13.5. The van der Waals surface area contributed by atoms with Crippen LogP contribution < -0.4 is 0 Å². The average Bonchev–Trinajstić information content (AvgIpc) is 2.86. The maximum Gasteiger partial charge on any atom is 0.222 e. The number of amides is 1. The number of carbonyl (C=O) groups excluding carboxylic acids is 1. The summed E-state index contributed by atoms with van der Waals surface area (Å²) in [5, 5.41) is 0.283. The fourth-order valence-electron chi connectivity index (χ4n) is 4.27. The molecule has 12 heteroatoms. The quantitative estimate of drug-likeness (QED) is 0.400. The molecule has 1 aliphatic heterocycles. The molecule has 204 valence electrons. The third-order valence-electron chi connectivity index (χ3n) is 6.38. The molecule has 1 fully saturated rings. The van der Waals surface area contributed by atoms with Gasteiger partial charge in [0.25, 0.3) is 0 Å². The van der Waals surface area contributed by atoms with Gasteiger partial charge in [0.15, 0.2) is 0 Å². The molecule has 3 aromatic rings. The van der Waals surface area contributed by atoms with Crippen LogP contribution in [0.4, 0.5) is 13.2 Å². The molecule has 38 heavy (non-hydrogen) atoms. The summed E-state index contributed by atoms with van der Waals surface area (Å²) < 4.78 is 70.6. The highest BCUT2D eigenvalue weighted by Crippen LogP contribution is 2.31. The highest BCUT2D eigenvalue weighted by Gasteiger charge is 2.29. The molecule has 0 saturated carbocycles. The first-order valence-electron chi connectivity index (χ1n) is 11.6. The standard InChI is InChI=1S/C26H25ClF3N3O3S.ClH/c1-32-10-12-33(13-11-32)25(34)9-2-17-14-19(28)16-31-24(17)15-21-22(29)7-8-23(30)26(21)37(35,36)20-5-3-18(27)4-6-20;/h3-8,14,16H,2,9-13,15H2,1H3;1H. The van der Waals surface area contributed by atoms with Crippen LogP contribution in [-0.4, -0.2) is 62.3 Å². The van der Waals surface area contributed by atoms with Gasteiger partial charge in [0.2, 0.25) is 15.7 Å². The van der Waals surface area contributed by atoms with E-state index < -0.39 is 44.2 Å². The van der Waals surface area contributed by atoms with Gasteiger partial charge in [-0.05, 0) is 61.5 Å². The predicted molar refractivity (Wildman–Crippen MR) is 140 cm³/mol. The van der Waals surface area contributed by atoms with Crippen molar-refractivity contribution in [3.63, 3.8) is 0 Å². The SMILES string of the molecule is CN1CCN(C(=O)CCc2cc(F)cnc2Cc2c(F)ccc(F)c2S(=O)(=O)c2ccc(Cl)cc2)CC1.Cl. The van der Waals surface area contributed by atoms with Crippen LogP contribution in [0.3, 0.4) is 0 Å². The zero-order valence-electron chi connectivity index (χ0n) is 20.5. The summed E-state index contributed by atoms with van der Waals surface area (Å²) in [6.07, 6.45) is 0.695. The lowest BCUT2D eigenvalue weighted by molar-refractivity contribution is -0.132. The molecule has 4 rings (SSSR count). The third kappa shape index (κ3) is 6.66. The van der Waals surface area contributed by atoms with E-state index in [1.165, 1.54) is 30.3 Å². The fraction of sp³-hybridized carbons (Fsp3) is 0.308. The number of sulfone groups is 1. The Morgan fingerprint density at radius 3 is 2.29 bits per heavy atom. The van der Waals surface area contributed by atoms with Gasteiger partial charge < -0.3 is 9.80 Å². The summed E-state index contributed by atoms with van der Waals surface area (Å²) >= 11 is 5.84. The molecular formula is C26H26Cl2F3N3O3S. The van der Waals surface area contributed by atoms with Gasteiger partial charge in [0.05, 0.1) is 11.1 Å². The summed E-state index contributed by atoms with van der Waals surface area (Å²) in [5.41, 5.74) is 0.0475. The number of hydrogen-bond acceptors (Lipinski definition) is 5. The monoisotopic (exact) mass is 587 g/mol. The Hall–Kier alpha value is -2.66. The van der Waals surface area contributed by atoms with E-state index in [-0.39, 0.29) is 46.8 Å². The average molecular weight is 588 g/mol.